The van der Waals surface area contributed by atoms with Crippen molar-refractivity contribution in [3.63, 3.8) is 0 Å². The van der Waals surface area contributed by atoms with Gasteiger partial charge in [0.2, 0.25) is 0 Å². The molecule has 0 heterocycles. The standard InChI is InChI=1S/C25H24ClN3O5S/c1-17-7-13-22(14-8-17)35(32,33)29(24-6-4-5-23(26)18(24)2)16-25(31)28-27-15-20-9-11-21(12-10-20)34-19(3)30/h4-15H,16H2,1-3H3,(H,28,31)/b27-15-. The molecule has 0 atom stereocenters. The van der Waals surface area contributed by atoms with E-state index >= 15 is 0 Å². The van der Waals surface area contributed by atoms with Crippen LogP contribution in [0.25, 0.3) is 0 Å². The molecule has 0 saturated heterocycles. The Hall–Kier alpha value is -3.69. The third-order valence-electron chi connectivity index (χ3n) is 4.95. The molecule has 0 unspecified atom stereocenters. The van der Waals surface area contributed by atoms with Crippen molar-refractivity contribution in [3.8, 4) is 5.75 Å². The Morgan fingerprint density at radius 3 is 2.31 bits per heavy atom. The van der Waals surface area contributed by atoms with E-state index in [2.05, 4.69) is 10.5 Å². The minimum absolute atomic E-state index is 0.0478. The molecule has 35 heavy (non-hydrogen) atoms. The lowest BCUT2D eigenvalue weighted by Crippen LogP contribution is -2.40. The number of hydrogen-bond donors (Lipinski definition) is 1. The maximum absolute atomic E-state index is 13.5. The van der Waals surface area contributed by atoms with E-state index < -0.39 is 28.4 Å². The van der Waals surface area contributed by atoms with Gasteiger partial charge in [-0.15, -0.1) is 0 Å². The van der Waals surface area contributed by atoms with Gasteiger partial charge >= 0.3 is 5.97 Å². The zero-order valence-electron chi connectivity index (χ0n) is 19.4. The average molecular weight is 514 g/mol. The van der Waals surface area contributed by atoms with Gasteiger partial charge in [0.25, 0.3) is 15.9 Å². The normalized spacial score (nSPS) is 11.3. The Morgan fingerprint density at radius 2 is 1.69 bits per heavy atom. The number of halogens is 1. The summed E-state index contributed by atoms with van der Waals surface area (Å²) in [5.74, 6) is -0.695. The van der Waals surface area contributed by atoms with Crippen LogP contribution >= 0.6 is 11.6 Å². The number of amides is 1. The third kappa shape index (κ3) is 6.68. The Bertz CT molecular complexity index is 1350. The van der Waals surface area contributed by atoms with Gasteiger partial charge in [-0.05, 0) is 73.5 Å². The molecule has 0 aromatic heterocycles. The van der Waals surface area contributed by atoms with E-state index in [1.54, 1.807) is 61.5 Å². The van der Waals surface area contributed by atoms with E-state index in [0.29, 0.717) is 27.6 Å². The van der Waals surface area contributed by atoms with E-state index in [9.17, 15) is 18.0 Å². The number of aryl methyl sites for hydroxylation is 1. The van der Waals surface area contributed by atoms with Gasteiger partial charge in [0.15, 0.2) is 0 Å². The highest BCUT2D eigenvalue weighted by Gasteiger charge is 2.28. The predicted octanol–water partition coefficient (Wildman–Crippen LogP) is 4.23. The van der Waals surface area contributed by atoms with E-state index in [0.717, 1.165) is 9.87 Å². The molecule has 0 saturated carbocycles. The van der Waals surface area contributed by atoms with Crippen LogP contribution in [-0.4, -0.2) is 33.1 Å². The van der Waals surface area contributed by atoms with E-state index in [4.69, 9.17) is 16.3 Å². The first-order valence-corrected chi connectivity index (χ1v) is 12.3. The molecule has 0 bridgehead atoms. The highest BCUT2D eigenvalue weighted by Crippen LogP contribution is 2.30. The zero-order chi connectivity index (χ0) is 25.6. The van der Waals surface area contributed by atoms with Gasteiger partial charge in [0.05, 0.1) is 16.8 Å². The average Bonchev–Trinajstić information content (AvgIpc) is 2.80. The summed E-state index contributed by atoms with van der Waals surface area (Å²) < 4.78 is 32.9. The summed E-state index contributed by atoms with van der Waals surface area (Å²) in [7, 11) is -4.08. The fraction of sp³-hybridized carbons (Fsp3) is 0.160. The number of nitrogens with one attached hydrogen (secondary N) is 1. The van der Waals surface area contributed by atoms with Crippen LogP contribution in [0.1, 0.15) is 23.6 Å². The van der Waals surface area contributed by atoms with Crippen LogP contribution < -0.4 is 14.5 Å². The largest absolute Gasteiger partial charge is 0.427 e. The maximum Gasteiger partial charge on any atom is 0.308 e. The summed E-state index contributed by atoms with van der Waals surface area (Å²) in [4.78, 5) is 23.7. The van der Waals surface area contributed by atoms with Crippen LogP contribution in [0.2, 0.25) is 5.02 Å². The molecule has 0 aliphatic carbocycles. The number of sulfonamides is 1. The second-order valence-corrected chi connectivity index (χ2v) is 9.93. The van der Waals surface area contributed by atoms with Gasteiger partial charge in [-0.25, -0.2) is 13.8 Å². The number of nitrogens with zero attached hydrogens (tertiary/aromatic N) is 2. The van der Waals surface area contributed by atoms with Crippen molar-refractivity contribution in [1.82, 2.24) is 5.43 Å². The molecule has 3 rings (SSSR count). The number of esters is 1. The second kappa shape index (κ2) is 11.2. The Kier molecular flexibility index (Phi) is 8.26. The fourth-order valence-corrected chi connectivity index (χ4v) is 4.78. The molecule has 0 fully saturated rings. The number of carbonyl (C=O) groups is 2. The molecule has 3 aromatic rings. The summed E-state index contributed by atoms with van der Waals surface area (Å²) in [6, 6.07) is 17.7. The zero-order valence-corrected chi connectivity index (χ0v) is 20.9. The summed E-state index contributed by atoms with van der Waals surface area (Å²) in [5, 5.41) is 4.28. The Balaban J connectivity index is 1.81. The summed E-state index contributed by atoms with van der Waals surface area (Å²) in [5.41, 5.74) is 4.70. The van der Waals surface area contributed by atoms with Gasteiger partial charge < -0.3 is 4.74 Å². The lowest BCUT2D eigenvalue weighted by Gasteiger charge is -2.25. The Labute approximate surface area is 209 Å². The second-order valence-electron chi connectivity index (χ2n) is 7.66. The topological polar surface area (TPSA) is 105 Å². The minimum atomic E-state index is -4.08. The summed E-state index contributed by atoms with van der Waals surface area (Å²) in [6.45, 7) is 4.33. The van der Waals surface area contributed by atoms with Crippen molar-refractivity contribution in [3.05, 3.63) is 88.4 Å². The number of ether oxygens (including phenoxy) is 1. The van der Waals surface area contributed by atoms with Gasteiger partial charge in [0.1, 0.15) is 12.3 Å². The number of anilines is 1. The molecular formula is C25H24ClN3O5S. The van der Waals surface area contributed by atoms with Crippen molar-refractivity contribution in [2.75, 3.05) is 10.8 Å². The van der Waals surface area contributed by atoms with Gasteiger partial charge in [-0.2, -0.15) is 5.10 Å². The van der Waals surface area contributed by atoms with Crippen molar-refractivity contribution in [2.45, 2.75) is 25.7 Å². The lowest BCUT2D eigenvalue weighted by atomic mass is 10.2. The summed E-state index contributed by atoms with van der Waals surface area (Å²) >= 11 is 6.23. The number of benzene rings is 3. The lowest BCUT2D eigenvalue weighted by molar-refractivity contribution is -0.131. The first kappa shape index (κ1) is 25.9. The number of carbonyl (C=O) groups excluding carboxylic acids is 2. The van der Waals surface area contributed by atoms with Crippen molar-refractivity contribution < 1.29 is 22.7 Å². The SMILES string of the molecule is CC(=O)Oc1ccc(/C=N\NC(=O)CN(c2cccc(Cl)c2C)S(=O)(=O)c2ccc(C)cc2)cc1. The molecule has 0 radical (unpaired) electrons. The van der Waals surface area contributed by atoms with Gasteiger partial charge in [0, 0.05) is 11.9 Å². The highest BCUT2D eigenvalue weighted by molar-refractivity contribution is 7.92. The molecule has 3 aromatic carbocycles. The smallest absolute Gasteiger partial charge is 0.308 e. The molecule has 0 spiro atoms. The van der Waals surface area contributed by atoms with Crippen molar-refractivity contribution >= 4 is 45.4 Å². The van der Waals surface area contributed by atoms with Gasteiger partial charge in [-0.3, -0.25) is 13.9 Å². The monoisotopic (exact) mass is 513 g/mol. The van der Waals surface area contributed by atoms with E-state index in [1.165, 1.54) is 25.3 Å². The first-order valence-electron chi connectivity index (χ1n) is 10.5. The molecule has 182 valence electrons. The van der Waals surface area contributed by atoms with Crippen LogP contribution in [0.3, 0.4) is 0 Å². The van der Waals surface area contributed by atoms with Crippen LogP contribution in [0.15, 0.2) is 76.7 Å². The molecule has 1 amide bonds. The molecule has 8 nitrogen and oxygen atoms in total. The predicted molar refractivity (Wildman–Crippen MR) is 135 cm³/mol. The first-order chi connectivity index (χ1) is 16.6. The Morgan fingerprint density at radius 1 is 1.03 bits per heavy atom. The number of hydrogen-bond acceptors (Lipinski definition) is 6. The van der Waals surface area contributed by atoms with Crippen molar-refractivity contribution in [1.29, 1.82) is 0 Å². The highest BCUT2D eigenvalue weighted by atomic mass is 35.5. The third-order valence-corrected chi connectivity index (χ3v) is 7.13. The molecule has 1 N–H and O–H groups in total. The quantitative estimate of drug-likeness (QED) is 0.210. The molecule has 0 aliphatic heterocycles. The van der Waals surface area contributed by atoms with Crippen molar-refractivity contribution in [2.24, 2.45) is 5.10 Å². The van der Waals surface area contributed by atoms with E-state index in [1.807, 2.05) is 6.92 Å². The van der Waals surface area contributed by atoms with Crippen LogP contribution in [-0.2, 0) is 19.6 Å². The van der Waals surface area contributed by atoms with Gasteiger partial charge in [-0.1, -0.05) is 35.4 Å². The molecule has 10 heteroatoms. The summed E-state index contributed by atoms with van der Waals surface area (Å²) in [6.07, 6.45) is 1.39. The molecule has 0 aliphatic rings. The van der Waals surface area contributed by atoms with E-state index in [-0.39, 0.29) is 4.90 Å². The van der Waals surface area contributed by atoms with Crippen LogP contribution in [0, 0.1) is 13.8 Å². The number of hydrazone groups is 1. The van der Waals surface area contributed by atoms with Crippen LogP contribution in [0.4, 0.5) is 5.69 Å². The molecular weight excluding hydrogens is 490 g/mol. The number of rotatable bonds is 8. The maximum atomic E-state index is 13.5. The fourth-order valence-electron chi connectivity index (χ4n) is 3.14. The van der Waals surface area contributed by atoms with Crippen LogP contribution in [0.5, 0.6) is 5.75 Å². The minimum Gasteiger partial charge on any atom is -0.427 e.